The molecule has 238 valence electrons. The van der Waals surface area contributed by atoms with Gasteiger partial charge in [0.05, 0.1) is 33.7 Å². The first-order valence-electron chi connectivity index (χ1n) is 13.1. The van der Waals surface area contributed by atoms with E-state index in [0.717, 1.165) is 22.9 Å². The number of amides is 1. The molecule has 2 aromatic heterocycles. The van der Waals surface area contributed by atoms with Gasteiger partial charge >= 0.3 is 5.69 Å². The third kappa shape index (κ3) is 6.62. The van der Waals surface area contributed by atoms with E-state index in [1.165, 1.54) is 48.7 Å². The SMILES string of the molecule is CCOc1cc(/C=N/NC(=O)c2nnn(-c3nonc3N)c2-c2cccc([N+](=O)[O-])c2)ccc1Oc1ccc([N+](=O)[O-])cc1[N+](=O)[O-]. The summed E-state index contributed by atoms with van der Waals surface area (Å²) in [7, 11) is 0. The molecule has 0 saturated heterocycles. The van der Waals surface area contributed by atoms with Crippen molar-refractivity contribution >= 4 is 35.0 Å². The maximum Gasteiger partial charge on any atom is 0.318 e. The van der Waals surface area contributed by atoms with Gasteiger partial charge in [-0.3, -0.25) is 35.1 Å². The molecule has 5 aromatic rings. The summed E-state index contributed by atoms with van der Waals surface area (Å²) in [5, 5.41) is 52.8. The van der Waals surface area contributed by atoms with Crippen molar-refractivity contribution in [3.63, 3.8) is 0 Å². The van der Waals surface area contributed by atoms with Gasteiger partial charge in [-0.2, -0.15) is 9.78 Å². The van der Waals surface area contributed by atoms with Gasteiger partial charge in [-0.05, 0) is 47.1 Å². The molecule has 1 amide bonds. The smallest absolute Gasteiger partial charge is 0.318 e. The third-order valence-electron chi connectivity index (χ3n) is 6.13. The van der Waals surface area contributed by atoms with Gasteiger partial charge in [0.1, 0.15) is 5.69 Å². The lowest BCUT2D eigenvalue weighted by Gasteiger charge is -2.12. The average molecular weight is 646 g/mol. The number of hydrazone groups is 1. The summed E-state index contributed by atoms with van der Waals surface area (Å²) in [5.74, 6) is -1.22. The summed E-state index contributed by atoms with van der Waals surface area (Å²) in [6.45, 7) is 1.87. The highest BCUT2D eigenvalue weighted by Gasteiger charge is 2.26. The van der Waals surface area contributed by atoms with E-state index in [1.807, 2.05) is 0 Å². The summed E-state index contributed by atoms with van der Waals surface area (Å²) in [5.41, 5.74) is 6.95. The van der Waals surface area contributed by atoms with Crippen LogP contribution in [0.25, 0.3) is 17.1 Å². The summed E-state index contributed by atoms with van der Waals surface area (Å²) in [6, 6.07) is 12.7. The Kier molecular flexibility index (Phi) is 8.69. The minimum Gasteiger partial charge on any atom is -0.490 e. The average Bonchev–Trinajstić information content (AvgIpc) is 3.68. The number of nitrogens with one attached hydrogen (secondary N) is 1. The minimum absolute atomic E-state index is 0.0238. The van der Waals surface area contributed by atoms with Gasteiger partial charge in [-0.25, -0.2) is 10.1 Å². The second kappa shape index (κ2) is 13.1. The highest BCUT2D eigenvalue weighted by Crippen LogP contribution is 2.38. The fourth-order valence-electron chi connectivity index (χ4n) is 4.09. The predicted molar refractivity (Wildman–Crippen MR) is 158 cm³/mol. The van der Waals surface area contributed by atoms with E-state index in [0.29, 0.717) is 5.56 Å². The Balaban J connectivity index is 1.41. The number of hydrogen-bond donors (Lipinski definition) is 2. The number of nitrogen functional groups attached to an aromatic ring is 1. The van der Waals surface area contributed by atoms with Gasteiger partial charge < -0.3 is 15.2 Å². The number of rotatable bonds is 12. The number of non-ortho nitro benzene ring substituents is 2. The first-order chi connectivity index (χ1) is 22.6. The normalized spacial score (nSPS) is 10.9. The van der Waals surface area contributed by atoms with E-state index in [-0.39, 0.29) is 58.1 Å². The molecule has 0 unspecified atom stereocenters. The van der Waals surface area contributed by atoms with Gasteiger partial charge in [0.25, 0.3) is 17.3 Å². The van der Waals surface area contributed by atoms with Crippen LogP contribution < -0.4 is 20.6 Å². The highest BCUT2D eigenvalue weighted by atomic mass is 16.6. The number of hydrogen-bond acceptors (Lipinski definition) is 16. The number of anilines is 1. The van der Waals surface area contributed by atoms with Crippen molar-refractivity contribution < 1.29 is 33.7 Å². The second-order valence-electron chi connectivity index (χ2n) is 9.09. The Hall–Kier alpha value is -7.32. The molecule has 0 radical (unpaired) electrons. The van der Waals surface area contributed by atoms with Gasteiger partial charge in [-0.1, -0.05) is 17.3 Å². The molecule has 0 saturated carbocycles. The molecule has 3 N–H and O–H groups in total. The number of ether oxygens (including phenoxy) is 2. The molecule has 47 heavy (non-hydrogen) atoms. The first-order valence-corrected chi connectivity index (χ1v) is 13.1. The Morgan fingerprint density at radius 3 is 2.40 bits per heavy atom. The van der Waals surface area contributed by atoms with Crippen molar-refractivity contribution in [2.75, 3.05) is 12.3 Å². The van der Waals surface area contributed by atoms with Crippen molar-refractivity contribution in [1.82, 2.24) is 30.7 Å². The van der Waals surface area contributed by atoms with Crippen LogP contribution in [0.1, 0.15) is 23.0 Å². The molecule has 0 aliphatic rings. The molecular formula is C26H19N11O10. The molecule has 3 aromatic carbocycles. The van der Waals surface area contributed by atoms with Gasteiger partial charge in [0, 0.05) is 23.8 Å². The molecule has 0 aliphatic carbocycles. The molecule has 0 aliphatic heterocycles. The highest BCUT2D eigenvalue weighted by molar-refractivity contribution is 5.99. The predicted octanol–water partition coefficient (Wildman–Crippen LogP) is 3.58. The van der Waals surface area contributed by atoms with Gasteiger partial charge in [0.15, 0.2) is 17.2 Å². The van der Waals surface area contributed by atoms with Crippen LogP contribution in [-0.2, 0) is 0 Å². The monoisotopic (exact) mass is 645 g/mol. The summed E-state index contributed by atoms with van der Waals surface area (Å²) >= 11 is 0. The number of carbonyl (C=O) groups is 1. The topological polar surface area (TPSA) is 285 Å². The number of nitrogens with two attached hydrogens (primary N) is 1. The van der Waals surface area contributed by atoms with Crippen molar-refractivity contribution in [3.05, 3.63) is 102 Å². The summed E-state index contributed by atoms with van der Waals surface area (Å²) in [6.07, 6.45) is 1.25. The molecule has 21 nitrogen and oxygen atoms in total. The number of aromatic nitrogens is 5. The zero-order valence-electron chi connectivity index (χ0n) is 23.7. The quantitative estimate of drug-likeness (QED) is 0.111. The lowest BCUT2D eigenvalue weighted by molar-refractivity contribution is -0.394. The fraction of sp³-hybridized carbons (Fsp3) is 0.0769. The lowest BCUT2D eigenvalue weighted by Crippen LogP contribution is -2.19. The summed E-state index contributed by atoms with van der Waals surface area (Å²) in [4.78, 5) is 44.9. The van der Waals surface area contributed by atoms with E-state index in [2.05, 4.69) is 35.8 Å². The number of benzene rings is 3. The summed E-state index contributed by atoms with van der Waals surface area (Å²) < 4.78 is 16.9. The van der Waals surface area contributed by atoms with Crippen LogP contribution in [0.2, 0.25) is 0 Å². The van der Waals surface area contributed by atoms with Crippen LogP contribution >= 0.6 is 0 Å². The Bertz CT molecular complexity index is 2060. The number of nitro benzene ring substituents is 3. The first kappa shape index (κ1) is 31.1. The standard InChI is InChI=1S/C26H19N11O10/c1-2-45-21-10-14(6-8-20(21)46-19-9-7-17(36(41)42)12-18(19)37(43)44)13-28-30-26(38)22-23(15-4-3-5-16(11-15)35(39)40)34(33-29-22)25-24(27)31-47-32-25/h3-13H,2H2,1H3,(H2,27,31)(H,30,38)/b28-13+. The van der Waals surface area contributed by atoms with Crippen LogP contribution in [0, 0.1) is 30.3 Å². The lowest BCUT2D eigenvalue weighted by atomic mass is 10.1. The Labute approximate surface area is 260 Å². The molecule has 5 rings (SSSR count). The van der Waals surface area contributed by atoms with E-state index in [4.69, 9.17) is 15.2 Å². The van der Waals surface area contributed by atoms with Crippen LogP contribution in [0.4, 0.5) is 22.9 Å². The maximum atomic E-state index is 13.2. The molecule has 0 fully saturated rings. The molecular weight excluding hydrogens is 626 g/mol. The molecule has 0 spiro atoms. The Morgan fingerprint density at radius 2 is 1.72 bits per heavy atom. The van der Waals surface area contributed by atoms with E-state index >= 15 is 0 Å². The van der Waals surface area contributed by atoms with Crippen molar-refractivity contribution in [2.24, 2.45) is 5.10 Å². The molecule has 2 heterocycles. The van der Waals surface area contributed by atoms with Gasteiger partial charge in [-0.15, -0.1) is 5.10 Å². The van der Waals surface area contributed by atoms with E-state index in [1.54, 1.807) is 6.92 Å². The molecule has 0 bridgehead atoms. The number of carbonyl (C=O) groups excluding carboxylic acids is 1. The Morgan fingerprint density at radius 1 is 0.979 bits per heavy atom. The largest absolute Gasteiger partial charge is 0.490 e. The maximum absolute atomic E-state index is 13.2. The van der Waals surface area contributed by atoms with Crippen molar-refractivity contribution in [3.8, 4) is 34.3 Å². The van der Waals surface area contributed by atoms with Crippen molar-refractivity contribution in [1.29, 1.82) is 0 Å². The fourth-order valence-corrected chi connectivity index (χ4v) is 4.09. The number of nitrogens with zero attached hydrogens (tertiary/aromatic N) is 9. The zero-order chi connectivity index (χ0) is 33.7. The second-order valence-corrected chi connectivity index (χ2v) is 9.09. The van der Waals surface area contributed by atoms with Crippen LogP contribution in [0.5, 0.6) is 17.2 Å². The molecule has 0 atom stereocenters. The van der Waals surface area contributed by atoms with Crippen molar-refractivity contribution in [2.45, 2.75) is 6.92 Å². The van der Waals surface area contributed by atoms with E-state index < -0.39 is 32.1 Å². The van der Waals surface area contributed by atoms with E-state index in [9.17, 15) is 35.1 Å². The zero-order valence-corrected chi connectivity index (χ0v) is 23.7. The van der Waals surface area contributed by atoms with Gasteiger partial charge in [0.2, 0.25) is 17.4 Å². The molecule has 21 heteroatoms. The minimum atomic E-state index is -0.862. The third-order valence-corrected chi connectivity index (χ3v) is 6.13. The van der Waals surface area contributed by atoms with Crippen LogP contribution in [0.15, 0.2) is 70.4 Å². The van der Waals surface area contributed by atoms with Crippen LogP contribution in [0.3, 0.4) is 0 Å². The van der Waals surface area contributed by atoms with Crippen LogP contribution in [-0.4, -0.2) is 58.8 Å². The number of nitro groups is 3.